The lowest BCUT2D eigenvalue weighted by Gasteiger charge is -2.35. The summed E-state index contributed by atoms with van der Waals surface area (Å²) >= 11 is 1.96. The predicted octanol–water partition coefficient (Wildman–Crippen LogP) is 12.0. The van der Waals surface area contributed by atoms with Crippen LogP contribution in [0.4, 0.5) is 0 Å². The summed E-state index contributed by atoms with van der Waals surface area (Å²) in [7, 11) is -4.68. The van der Waals surface area contributed by atoms with Gasteiger partial charge < -0.3 is 0 Å². The molecule has 1 aromatic rings. The van der Waals surface area contributed by atoms with Crippen LogP contribution in [0.25, 0.3) is 0 Å². The number of hydrogen-bond acceptors (Lipinski definition) is 1. The molecule has 0 saturated heterocycles. The van der Waals surface area contributed by atoms with Gasteiger partial charge in [-0.3, -0.25) is 0 Å². The lowest BCUT2D eigenvalue weighted by atomic mass is 10.3. The average molecular weight is 577 g/mol. The number of aryl methyl sites for hydroxylation is 1. The van der Waals surface area contributed by atoms with Gasteiger partial charge in [0.05, 0.1) is 32.3 Å². The third-order valence-electron chi connectivity index (χ3n) is 8.48. The highest BCUT2D eigenvalue weighted by Crippen LogP contribution is 2.37. The van der Waals surface area contributed by atoms with E-state index in [9.17, 15) is 0 Å². The molecule has 0 radical (unpaired) electrons. The monoisotopic (exact) mass is 576 g/mol. The summed E-state index contributed by atoms with van der Waals surface area (Å²) in [5.41, 5.74) is 0. The maximum Gasteiger partial charge on any atom is 0.0535 e. The van der Waals surface area contributed by atoms with Crippen molar-refractivity contribution in [3.8, 4) is 0 Å². The molecule has 0 saturated carbocycles. The Kier molecular flexibility index (Phi) is 15.7. The van der Waals surface area contributed by atoms with Gasteiger partial charge >= 0.3 is 0 Å². The summed E-state index contributed by atoms with van der Waals surface area (Å²) in [6.07, 6.45) is 13.7. The quantitative estimate of drug-likeness (QED) is 0.0950. The van der Waals surface area contributed by atoms with Crippen LogP contribution < -0.4 is 0 Å². The molecule has 0 nitrogen and oxygen atoms in total. The van der Waals surface area contributed by atoms with Crippen LogP contribution in [0.3, 0.4) is 0 Å². The molecular formula is C31H60SSi4. The Morgan fingerprint density at radius 1 is 0.611 bits per heavy atom. The topological polar surface area (TPSA) is 0 Å². The summed E-state index contributed by atoms with van der Waals surface area (Å²) in [4.78, 5) is 1.59. The first kappa shape index (κ1) is 33.8. The molecule has 206 valence electrons. The van der Waals surface area contributed by atoms with E-state index in [1.807, 2.05) is 11.3 Å². The van der Waals surface area contributed by atoms with E-state index in [2.05, 4.69) is 94.8 Å². The minimum absolute atomic E-state index is 1.12. The molecule has 0 N–H and O–H groups in total. The van der Waals surface area contributed by atoms with Crippen LogP contribution >= 0.6 is 11.3 Å². The molecule has 0 amide bonds. The van der Waals surface area contributed by atoms with Gasteiger partial charge in [0.2, 0.25) is 0 Å². The molecular weight excluding hydrogens is 517 g/mol. The minimum atomic E-state index is -1.30. The van der Waals surface area contributed by atoms with Crippen LogP contribution in [-0.4, -0.2) is 32.3 Å². The zero-order chi connectivity index (χ0) is 27.1. The molecule has 0 atom stereocenters. The van der Waals surface area contributed by atoms with Crippen LogP contribution in [0.15, 0.2) is 55.5 Å². The zero-order valence-electron chi connectivity index (χ0n) is 25.1. The second-order valence-corrected chi connectivity index (χ2v) is 35.7. The molecule has 1 heterocycles. The van der Waals surface area contributed by atoms with E-state index in [1.54, 1.807) is 29.1 Å². The van der Waals surface area contributed by atoms with Crippen molar-refractivity contribution in [1.29, 1.82) is 0 Å². The normalized spacial score (nSPS) is 13.1. The molecule has 5 heteroatoms. The second kappa shape index (κ2) is 16.7. The van der Waals surface area contributed by atoms with Crippen LogP contribution in [0.5, 0.6) is 0 Å². The van der Waals surface area contributed by atoms with Gasteiger partial charge in [0.1, 0.15) is 0 Å². The van der Waals surface area contributed by atoms with Gasteiger partial charge in [0.15, 0.2) is 0 Å². The molecule has 0 bridgehead atoms. The van der Waals surface area contributed by atoms with Gasteiger partial charge in [-0.2, -0.15) is 0 Å². The summed E-state index contributed by atoms with van der Waals surface area (Å²) in [6.45, 7) is 27.7. The first-order valence-corrected chi connectivity index (χ1v) is 28.7. The molecule has 0 aliphatic rings. The zero-order valence-corrected chi connectivity index (χ0v) is 29.9. The van der Waals surface area contributed by atoms with Crippen LogP contribution in [0, 0.1) is 0 Å². The van der Waals surface area contributed by atoms with Crippen LogP contribution in [0.1, 0.15) is 30.6 Å². The molecule has 36 heavy (non-hydrogen) atoms. The molecule has 0 unspecified atom stereocenters. The fourth-order valence-corrected chi connectivity index (χ4v) is 19.5. The lowest BCUT2D eigenvalue weighted by molar-refractivity contribution is 0.837. The Morgan fingerprint density at radius 2 is 1.00 bits per heavy atom. The van der Waals surface area contributed by atoms with Gasteiger partial charge in [-0.1, -0.05) is 132 Å². The van der Waals surface area contributed by atoms with Crippen molar-refractivity contribution in [1.82, 2.24) is 0 Å². The van der Waals surface area contributed by atoms with Gasteiger partial charge in [-0.15, -0.1) is 31.1 Å². The first-order valence-electron chi connectivity index (χ1n) is 14.7. The van der Waals surface area contributed by atoms with Gasteiger partial charge in [0.25, 0.3) is 0 Å². The third kappa shape index (κ3) is 14.7. The van der Waals surface area contributed by atoms with Gasteiger partial charge in [-0.05, 0) is 36.0 Å². The Bertz CT molecular complexity index is 679. The van der Waals surface area contributed by atoms with Gasteiger partial charge in [-0.25, -0.2) is 0 Å². The van der Waals surface area contributed by atoms with Crippen LogP contribution in [-0.2, 0) is 6.42 Å². The molecule has 0 aliphatic carbocycles. The molecule has 0 spiro atoms. The van der Waals surface area contributed by atoms with Crippen molar-refractivity contribution in [2.45, 2.75) is 132 Å². The van der Waals surface area contributed by atoms with Crippen molar-refractivity contribution in [3.05, 3.63) is 60.4 Å². The molecule has 0 aliphatic heterocycles. The number of allylic oxidation sites excluding steroid dienone is 3. The fourth-order valence-electron chi connectivity index (χ4n) is 6.15. The van der Waals surface area contributed by atoms with E-state index in [0.717, 1.165) is 0 Å². The number of thiophene rings is 1. The Hall–Kier alpha value is -0.212. The number of hydrogen-bond donors (Lipinski definition) is 0. The molecule has 1 aromatic heterocycles. The van der Waals surface area contributed by atoms with E-state index in [-0.39, 0.29) is 0 Å². The average Bonchev–Trinajstić information content (AvgIpc) is 3.26. The van der Waals surface area contributed by atoms with E-state index in [4.69, 9.17) is 0 Å². The summed E-state index contributed by atoms with van der Waals surface area (Å²) in [5, 5.41) is 2.25. The lowest BCUT2D eigenvalue weighted by Crippen LogP contribution is -2.37. The van der Waals surface area contributed by atoms with Crippen molar-refractivity contribution in [3.63, 3.8) is 0 Å². The maximum absolute atomic E-state index is 4.06. The second-order valence-electron chi connectivity index (χ2n) is 14.0. The fraction of sp³-hybridized carbons (Fsp3) is 0.677. The van der Waals surface area contributed by atoms with E-state index in [1.165, 1.54) is 68.4 Å². The molecule has 0 fully saturated rings. The van der Waals surface area contributed by atoms with E-state index in [0.29, 0.717) is 0 Å². The van der Waals surface area contributed by atoms with Crippen LogP contribution in [0.2, 0.25) is 99.7 Å². The predicted molar refractivity (Wildman–Crippen MR) is 183 cm³/mol. The standard InChI is InChI=1S/C31H60SSi4/c1-10-21-33(4,5)24-15-28-36(27-14-19-31-18-13-20-32-31,29-16-25-34(6,7)22-11-2)30-17-26-35(8,9)23-12-3/h10-13,18,20H,1-3,14-17,19,21-30H2,4-9H3. The largest absolute Gasteiger partial charge is 0.149 e. The SMILES string of the molecule is C=CC[Si](C)(C)CCC[Si](CCCc1cccs1)(CCC[Si](C)(C)CC=C)CCC[Si](C)(C)CC=C. The summed E-state index contributed by atoms with van der Waals surface area (Å²) < 4.78 is 0. The third-order valence-corrected chi connectivity index (χ3v) is 24.4. The highest BCUT2D eigenvalue weighted by Gasteiger charge is 2.34. The van der Waals surface area contributed by atoms with E-state index < -0.39 is 32.3 Å². The molecule has 1 rings (SSSR count). The van der Waals surface area contributed by atoms with E-state index >= 15 is 0 Å². The maximum atomic E-state index is 4.06. The van der Waals surface area contributed by atoms with Crippen molar-refractivity contribution >= 4 is 43.6 Å². The first-order chi connectivity index (χ1) is 16.9. The Balaban J connectivity index is 3.00. The van der Waals surface area contributed by atoms with Crippen molar-refractivity contribution in [2.75, 3.05) is 0 Å². The Labute approximate surface area is 234 Å². The number of rotatable bonds is 22. The highest BCUT2D eigenvalue weighted by molar-refractivity contribution is 7.09. The smallest absolute Gasteiger partial charge is 0.0535 e. The van der Waals surface area contributed by atoms with Gasteiger partial charge in [0, 0.05) is 4.88 Å². The summed E-state index contributed by atoms with van der Waals surface area (Å²) in [5.74, 6) is 0. The minimum Gasteiger partial charge on any atom is -0.149 e. The Morgan fingerprint density at radius 3 is 1.33 bits per heavy atom. The highest BCUT2D eigenvalue weighted by atomic mass is 32.1. The molecule has 0 aromatic carbocycles. The van der Waals surface area contributed by atoms with Crippen molar-refractivity contribution < 1.29 is 0 Å². The summed E-state index contributed by atoms with van der Waals surface area (Å²) in [6, 6.07) is 19.2. The van der Waals surface area contributed by atoms with Crippen molar-refractivity contribution in [2.24, 2.45) is 0 Å².